The molecule has 8 nitrogen and oxygen atoms in total. The zero-order valence-corrected chi connectivity index (χ0v) is 18.9. The van der Waals surface area contributed by atoms with E-state index in [0.29, 0.717) is 46.8 Å². The van der Waals surface area contributed by atoms with E-state index in [2.05, 4.69) is 10.2 Å². The van der Waals surface area contributed by atoms with Crippen molar-refractivity contribution in [2.24, 2.45) is 0 Å². The number of aromatic nitrogens is 4. The maximum atomic E-state index is 14.2. The summed E-state index contributed by atoms with van der Waals surface area (Å²) in [6.45, 7) is 1.26. The summed E-state index contributed by atoms with van der Waals surface area (Å²) in [5, 5.41) is 10.0. The van der Waals surface area contributed by atoms with Gasteiger partial charge in [0.2, 0.25) is 11.8 Å². The van der Waals surface area contributed by atoms with Crippen LogP contribution >= 0.6 is 11.6 Å². The number of anilines is 1. The minimum atomic E-state index is -0.875. The lowest BCUT2D eigenvalue weighted by Gasteiger charge is -2.35. The molecule has 0 spiro atoms. The number of carbonyl (C=O) groups is 1. The van der Waals surface area contributed by atoms with Crippen LogP contribution in [0.1, 0.15) is 10.4 Å². The van der Waals surface area contributed by atoms with E-state index in [-0.39, 0.29) is 13.1 Å². The van der Waals surface area contributed by atoms with Gasteiger partial charge in [0.1, 0.15) is 17.2 Å². The maximum absolute atomic E-state index is 14.2. The molecule has 0 saturated carbocycles. The number of hydrogen-bond donors (Lipinski definition) is 0. The molecule has 2 aromatic carbocycles. The number of halogens is 3. The number of fused-ring (bicyclic) bond motifs is 3. The third-order valence-electron chi connectivity index (χ3n) is 6.05. The smallest absolute Gasteiger partial charge is 0.259 e. The summed E-state index contributed by atoms with van der Waals surface area (Å²) in [4.78, 5) is 21.1. The van der Waals surface area contributed by atoms with Gasteiger partial charge in [-0.15, -0.1) is 10.2 Å². The monoisotopic (exact) mass is 494 g/mol. The van der Waals surface area contributed by atoms with E-state index >= 15 is 0 Å². The molecule has 4 heterocycles. The van der Waals surface area contributed by atoms with E-state index in [9.17, 15) is 13.6 Å². The highest BCUT2D eigenvalue weighted by Gasteiger charge is 2.29. The van der Waals surface area contributed by atoms with Crippen molar-refractivity contribution in [3.63, 3.8) is 0 Å². The molecular weight excluding hydrogens is 478 g/mol. The number of hydrogen-bond acceptors (Lipinski definition) is 6. The van der Waals surface area contributed by atoms with Crippen LogP contribution in [0.5, 0.6) is 0 Å². The Morgan fingerprint density at radius 3 is 2.46 bits per heavy atom. The van der Waals surface area contributed by atoms with Crippen molar-refractivity contribution in [2.45, 2.75) is 0 Å². The Bertz CT molecular complexity index is 1560. The Balaban J connectivity index is 1.38. The predicted octanol–water partition coefficient (Wildman–Crippen LogP) is 4.43. The van der Waals surface area contributed by atoms with Crippen molar-refractivity contribution < 1.29 is 18.0 Å². The number of benzene rings is 2. The third-order valence-corrected chi connectivity index (χ3v) is 6.29. The summed E-state index contributed by atoms with van der Waals surface area (Å²) in [7, 11) is 0. The summed E-state index contributed by atoms with van der Waals surface area (Å²) in [6, 6.07) is 12.3. The molecule has 0 radical (unpaired) electrons. The van der Waals surface area contributed by atoms with Crippen molar-refractivity contribution in [3.8, 4) is 11.6 Å². The topological polar surface area (TPSA) is 79.8 Å². The van der Waals surface area contributed by atoms with Gasteiger partial charge in [-0.3, -0.25) is 4.79 Å². The Kier molecular flexibility index (Phi) is 5.10. The minimum Gasteiger partial charge on any atom is -0.461 e. The third kappa shape index (κ3) is 3.57. The fourth-order valence-electron chi connectivity index (χ4n) is 4.34. The summed E-state index contributed by atoms with van der Waals surface area (Å²) in [5.41, 5.74) is 0.686. The highest BCUT2D eigenvalue weighted by molar-refractivity contribution is 6.31. The van der Waals surface area contributed by atoms with Crippen LogP contribution in [0.25, 0.3) is 28.1 Å². The first-order valence-corrected chi connectivity index (χ1v) is 11.3. The molecule has 1 aliphatic rings. The number of furan rings is 1. The minimum absolute atomic E-state index is 0.252. The number of nitrogens with zero attached hydrogens (tertiary/aromatic N) is 6. The zero-order chi connectivity index (χ0) is 24.1. The zero-order valence-electron chi connectivity index (χ0n) is 18.2. The normalized spacial score (nSPS) is 14.3. The molecule has 1 aliphatic heterocycles. The van der Waals surface area contributed by atoms with Crippen molar-refractivity contribution in [1.82, 2.24) is 24.5 Å². The van der Waals surface area contributed by atoms with Crippen molar-refractivity contribution in [2.75, 3.05) is 31.1 Å². The quantitative estimate of drug-likeness (QED) is 0.369. The van der Waals surface area contributed by atoms with Gasteiger partial charge in [-0.05, 0) is 42.5 Å². The van der Waals surface area contributed by atoms with Crippen molar-refractivity contribution >= 4 is 40.0 Å². The molecule has 0 bridgehead atoms. The standard InChI is InChI=1S/C24H17ClF2N6O2/c25-14-6-7-15-18(13-14)28-24(33-21(15)29-30-22(33)19-5-2-12-35-19)32-10-8-31(9-11-32)23(34)20-16(26)3-1-4-17(20)27/h1-7,12-13H,8-11H2. The average Bonchev–Trinajstić information content (AvgIpc) is 3.53. The number of rotatable bonds is 3. The summed E-state index contributed by atoms with van der Waals surface area (Å²) >= 11 is 6.22. The van der Waals surface area contributed by atoms with Crippen LogP contribution in [-0.2, 0) is 0 Å². The highest BCUT2D eigenvalue weighted by Crippen LogP contribution is 2.30. The summed E-state index contributed by atoms with van der Waals surface area (Å²) < 4.78 is 35.7. The fraction of sp³-hybridized carbons (Fsp3) is 0.167. The molecule has 0 atom stereocenters. The lowest BCUT2D eigenvalue weighted by atomic mass is 10.1. The first-order valence-electron chi connectivity index (χ1n) is 10.9. The van der Waals surface area contributed by atoms with Gasteiger partial charge in [-0.2, -0.15) is 0 Å². The van der Waals surface area contributed by atoms with Crippen LogP contribution in [0.15, 0.2) is 59.2 Å². The van der Waals surface area contributed by atoms with Crippen molar-refractivity contribution in [3.05, 3.63) is 77.0 Å². The van der Waals surface area contributed by atoms with Gasteiger partial charge in [-0.1, -0.05) is 17.7 Å². The number of carbonyl (C=O) groups excluding carboxylic acids is 1. The molecule has 176 valence electrons. The molecule has 0 unspecified atom stereocenters. The Morgan fingerprint density at radius 2 is 1.74 bits per heavy atom. The van der Waals surface area contributed by atoms with Crippen LogP contribution in [-0.4, -0.2) is 56.6 Å². The summed E-state index contributed by atoms with van der Waals surface area (Å²) in [6.07, 6.45) is 1.55. The Morgan fingerprint density at radius 1 is 0.971 bits per heavy atom. The molecule has 1 amide bonds. The van der Waals surface area contributed by atoms with E-state index < -0.39 is 23.1 Å². The van der Waals surface area contributed by atoms with Crippen LogP contribution < -0.4 is 4.90 Å². The number of amides is 1. The molecule has 5 aromatic rings. The molecule has 1 fully saturated rings. The molecule has 3 aromatic heterocycles. The first-order chi connectivity index (χ1) is 17.0. The lowest BCUT2D eigenvalue weighted by Crippen LogP contribution is -2.49. The summed E-state index contributed by atoms with van der Waals surface area (Å²) in [5.74, 6) is -0.867. The molecule has 11 heteroatoms. The van der Waals surface area contributed by atoms with Gasteiger partial charge >= 0.3 is 0 Å². The largest absolute Gasteiger partial charge is 0.461 e. The maximum Gasteiger partial charge on any atom is 0.259 e. The Hall–Kier alpha value is -4.05. The average molecular weight is 495 g/mol. The molecule has 0 N–H and O–H groups in total. The van der Waals surface area contributed by atoms with Gasteiger partial charge in [0, 0.05) is 36.6 Å². The van der Waals surface area contributed by atoms with Crippen LogP contribution in [0.4, 0.5) is 14.7 Å². The predicted molar refractivity (Wildman–Crippen MR) is 125 cm³/mol. The van der Waals surface area contributed by atoms with Crippen molar-refractivity contribution in [1.29, 1.82) is 0 Å². The fourth-order valence-corrected chi connectivity index (χ4v) is 4.51. The van der Waals surface area contributed by atoms with Gasteiger partial charge in [0.05, 0.1) is 11.8 Å². The molecule has 0 aliphatic carbocycles. The van der Waals surface area contributed by atoms with E-state index in [4.69, 9.17) is 21.0 Å². The van der Waals surface area contributed by atoms with Crippen LogP contribution in [0.2, 0.25) is 5.02 Å². The second-order valence-electron chi connectivity index (χ2n) is 8.11. The first kappa shape index (κ1) is 21.5. The lowest BCUT2D eigenvalue weighted by molar-refractivity contribution is 0.0736. The number of piperazine rings is 1. The SMILES string of the molecule is O=C(c1c(F)cccc1F)N1CCN(c2nc3cc(Cl)ccc3c3nnc(-c4ccco4)n23)CC1. The molecule has 6 rings (SSSR count). The van der Waals surface area contributed by atoms with E-state index in [0.717, 1.165) is 17.5 Å². The van der Waals surface area contributed by atoms with Gasteiger partial charge in [-0.25, -0.2) is 18.2 Å². The highest BCUT2D eigenvalue weighted by atomic mass is 35.5. The van der Waals surface area contributed by atoms with E-state index in [1.54, 1.807) is 30.5 Å². The molecule has 35 heavy (non-hydrogen) atoms. The molecular formula is C24H17ClF2N6O2. The Labute approximate surface area is 202 Å². The van der Waals surface area contributed by atoms with Gasteiger partial charge < -0.3 is 14.2 Å². The van der Waals surface area contributed by atoms with E-state index in [1.807, 2.05) is 15.4 Å². The molecule has 1 saturated heterocycles. The second-order valence-corrected chi connectivity index (χ2v) is 8.55. The van der Waals surface area contributed by atoms with Gasteiger partial charge in [0.15, 0.2) is 11.4 Å². The van der Waals surface area contributed by atoms with Gasteiger partial charge in [0.25, 0.3) is 5.91 Å². The van der Waals surface area contributed by atoms with Crippen LogP contribution in [0.3, 0.4) is 0 Å². The second kappa shape index (κ2) is 8.31. The van der Waals surface area contributed by atoms with E-state index in [1.165, 1.54) is 11.0 Å². The van der Waals surface area contributed by atoms with Crippen LogP contribution in [0, 0.1) is 11.6 Å².